The van der Waals surface area contributed by atoms with E-state index in [0.29, 0.717) is 5.56 Å². The number of benzene rings is 10. The Morgan fingerprint density at radius 1 is 0.356 bits per heavy atom. The second-order valence-corrected chi connectivity index (χ2v) is 31.8. The minimum absolute atomic E-state index is 0.0372. The molecule has 0 radical (unpaired) electrons. The third-order valence-corrected chi connectivity index (χ3v) is 21.4. The van der Waals surface area contributed by atoms with Crippen LogP contribution in [0.25, 0.3) is 11.1 Å². The van der Waals surface area contributed by atoms with Gasteiger partial charge in [-0.25, -0.2) is 0 Å². The monoisotopic (exact) mass is 1180 g/mol. The summed E-state index contributed by atoms with van der Waals surface area (Å²) in [5, 5.41) is 0. The Hall–Kier alpha value is -8.34. The van der Waals surface area contributed by atoms with Crippen LogP contribution >= 0.6 is 0 Å². The minimum Gasteiger partial charge on any atom is -0.311 e. The summed E-state index contributed by atoms with van der Waals surface area (Å²) in [6.45, 7) is 39.1. The van der Waals surface area contributed by atoms with Crippen LogP contribution in [0.1, 0.15) is 194 Å². The van der Waals surface area contributed by atoms with Crippen LogP contribution in [0.15, 0.2) is 200 Å². The Bertz CT molecular complexity index is 4620. The molecular weight excluding hydrogens is 1090 g/mol. The molecule has 0 atom stereocenters. The van der Waals surface area contributed by atoms with Gasteiger partial charge in [-0.3, -0.25) is 0 Å². The average Bonchev–Trinajstić information content (AvgIpc) is 0.684. The van der Waals surface area contributed by atoms with Gasteiger partial charge in [0.05, 0.1) is 5.69 Å². The van der Waals surface area contributed by atoms with E-state index in [9.17, 15) is 4.11 Å². The molecule has 4 aliphatic rings. The van der Waals surface area contributed by atoms with Crippen molar-refractivity contribution >= 4 is 74.3 Å². The Kier molecular flexibility index (Phi) is 12.4. The summed E-state index contributed by atoms with van der Waals surface area (Å²) in [5.74, 6) is 0. The average molecular weight is 1180 g/mol. The molecule has 2 aliphatic heterocycles. The van der Waals surface area contributed by atoms with E-state index in [4.69, 9.17) is 0 Å². The molecule has 0 aromatic heterocycles. The molecule has 0 amide bonds. The fourth-order valence-corrected chi connectivity index (χ4v) is 16.1. The lowest BCUT2D eigenvalue weighted by molar-refractivity contribution is 0.520. The topological polar surface area (TPSA) is 9.72 Å². The van der Waals surface area contributed by atoms with Gasteiger partial charge in [-0.05, 0) is 203 Å². The Balaban J connectivity index is 1.14. The van der Waals surface area contributed by atoms with E-state index >= 15 is 0 Å². The summed E-state index contributed by atoms with van der Waals surface area (Å²) in [7, 11) is 0. The molecule has 4 heteroatoms. The van der Waals surface area contributed by atoms with Crippen molar-refractivity contribution in [2.45, 2.75) is 169 Å². The van der Waals surface area contributed by atoms with Gasteiger partial charge in [0.2, 0.25) is 0 Å². The molecule has 0 saturated carbocycles. The number of rotatable bonds is 6. The van der Waals surface area contributed by atoms with Crippen molar-refractivity contribution in [3.8, 4) is 11.1 Å². The molecule has 0 unspecified atom stereocenters. The van der Waals surface area contributed by atoms with E-state index in [1.165, 1.54) is 66.7 Å². The van der Waals surface area contributed by atoms with Gasteiger partial charge in [0.15, 0.2) is 0 Å². The van der Waals surface area contributed by atoms with Crippen LogP contribution in [0.5, 0.6) is 0 Å². The lowest BCUT2D eigenvalue weighted by atomic mass is 9.33. The largest absolute Gasteiger partial charge is 0.311 e. The fourth-order valence-electron chi connectivity index (χ4n) is 16.1. The Morgan fingerprint density at radius 3 is 1.23 bits per heavy atom. The van der Waals surface area contributed by atoms with E-state index < -0.39 is 6.85 Å². The summed E-state index contributed by atoms with van der Waals surface area (Å²) < 4.78 is 28.7. The quantitative estimate of drug-likeness (QED) is 0.154. The van der Waals surface area contributed by atoms with Crippen molar-refractivity contribution in [1.82, 2.24) is 0 Å². The number of hydrogen-bond acceptors (Lipinski definition) is 3. The predicted molar refractivity (Wildman–Crippen MR) is 388 cm³/mol. The van der Waals surface area contributed by atoms with Crippen molar-refractivity contribution in [1.29, 1.82) is 0 Å². The van der Waals surface area contributed by atoms with Crippen LogP contribution in [0.2, 0.25) is 0 Å². The molecule has 90 heavy (non-hydrogen) atoms. The highest BCUT2D eigenvalue weighted by Crippen LogP contribution is 2.56. The SMILES string of the molecule is [2H]C([2H])([2H])c1cc2c3c(c1)N(c1ccc(C(C)(C)C)cc1-c1ccccc1)c1cc4c(cc1B3c1cc(N(c3ccc(C(C)(C)C)cc3)c3ccc(C(C)(C)C)cc3)ccc1N2c1cc2c(cc1C)C(C)(C)c1ccccc1C2(C)C)C(C)(C)c1ccccc1C4(C)C. The molecule has 452 valence electrons. The highest BCUT2D eigenvalue weighted by Gasteiger charge is 2.50. The van der Waals surface area contributed by atoms with E-state index in [2.05, 4.69) is 327 Å². The van der Waals surface area contributed by atoms with Gasteiger partial charge in [-0.15, -0.1) is 0 Å². The molecule has 0 N–H and O–H groups in total. The summed E-state index contributed by atoms with van der Waals surface area (Å²) in [6, 6.07) is 75.5. The van der Waals surface area contributed by atoms with Gasteiger partial charge in [0.25, 0.3) is 6.71 Å². The molecule has 2 aliphatic carbocycles. The van der Waals surface area contributed by atoms with Gasteiger partial charge in [0.1, 0.15) is 0 Å². The zero-order valence-corrected chi connectivity index (χ0v) is 56.5. The number of nitrogens with zero attached hydrogens (tertiary/aromatic N) is 3. The first-order valence-corrected chi connectivity index (χ1v) is 32.8. The molecule has 0 bridgehead atoms. The first-order valence-electron chi connectivity index (χ1n) is 34.3. The molecule has 0 saturated heterocycles. The lowest BCUT2D eigenvalue weighted by Crippen LogP contribution is -2.62. The van der Waals surface area contributed by atoms with Gasteiger partial charge in [-0.2, -0.15) is 0 Å². The van der Waals surface area contributed by atoms with E-state index in [0.717, 1.165) is 78.8 Å². The number of fused-ring (bicyclic) bond motifs is 8. The maximum atomic E-state index is 9.58. The first kappa shape index (κ1) is 55.7. The molecule has 0 fully saturated rings. The Labute approximate surface area is 543 Å². The highest BCUT2D eigenvalue weighted by atomic mass is 15.2. The zero-order chi connectivity index (χ0) is 66.2. The van der Waals surface area contributed by atoms with E-state index in [1.807, 2.05) is 12.1 Å². The van der Waals surface area contributed by atoms with Crippen molar-refractivity contribution in [2.75, 3.05) is 14.7 Å². The first-order chi connectivity index (χ1) is 43.6. The van der Waals surface area contributed by atoms with Gasteiger partial charge < -0.3 is 14.7 Å². The van der Waals surface area contributed by atoms with Crippen molar-refractivity contribution in [3.63, 3.8) is 0 Å². The van der Waals surface area contributed by atoms with Crippen molar-refractivity contribution in [2.24, 2.45) is 0 Å². The summed E-state index contributed by atoms with van der Waals surface area (Å²) in [4.78, 5) is 7.39. The fraction of sp³-hybridized carbons (Fsp3) is 0.302. The summed E-state index contributed by atoms with van der Waals surface area (Å²) in [6.07, 6.45) is 0. The van der Waals surface area contributed by atoms with E-state index in [-0.39, 0.29) is 44.6 Å². The van der Waals surface area contributed by atoms with Crippen LogP contribution < -0.4 is 31.1 Å². The minimum atomic E-state index is -2.47. The molecule has 10 aromatic carbocycles. The molecule has 2 heterocycles. The number of anilines is 9. The van der Waals surface area contributed by atoms with Crippen LogP contribution in [0.3, 0.4) is 0 Å². The molecule has 0 spiro atoms. The standard InChI is InChI=1S/C86H90BN3/c1-53-45-77-79-78(46-53)90(75-51-69-67(47-54(75)2)83(12,13)63-29-23-25-31-65(63)85(69,16)17)74-44-42-61(88(59-38-33-56(34-39-59)80(3,4)5)60-40-35-57(36-41-60)81(6,7)8)49-71(74)87(79)72-50-68-70(86(18,19)66-32-26-24-30-64(66)84(68,14)15)52-76(72)89(77)73-43-37-58(82(9,10)11)48-62(73)55-27-21-20-22-28-55/h20-52H,1-19H3/i1D3. The smallest absolute Gasteiger partial charge is 0.252 e. The van der Waals surface area contributed by atoms with Gasteiger partial charge in [-0.1, -0.05) is 239 Å². The third kappa shape index (κ3) is 9.03. The second-order valence-electron chi connectivity index (χ2n) is 31.8. The van der Waals surface area contributed by atoms with E-state index in [1.54, 1.807) is 0 Å². The second kappa shape index (κ2) is 20.1. The van der Waals surface area contributed by atoms with Crippen LogP contribution in [0, 0.1) is 13.8 Å². The van der Waals surface area contributed by atoms with Crippen LogP contribution in [-0.4, -0.2) is 6.71 Å². The molecule has 10 aromatic rings. The zero-order valence-electron chi connectivity index (χ0n) is 59.5. The predicted octanol–water partition coefficient (Wildman–Crippen LogP) is 21.3. The third-order valence-electron chi connectivity index (χ3n) is 21.4. The molecular formula is C86H90BN3. The Morgan fingerprint density at radius 2 is 0.756 bits per heavy atom. The van der Waals surface area contributed by atoms with Crippen LogP contribution in [-0.2, 0) is 37.9 Å². The normalized spacial score (nSPS) is 16.9. The van der Waals surface area contributed by atoms with Crippen molar-refractivity contribution < 1.29 is 4.11 Å². The van der Waals surface area contributed by atoms with Crippen LogP contribution in [0.4, 0.5) is 51.2 Å². The maximum absolute atomic E-state index is 9.58. The maximum Gasteiger partial charge on any atom is 0.252 e. The van der Waals surface area contributed by atoms with Gasteiger partial charge in [0, 0.05) is 76.8 Å². The summed E-state index contributed by atoms with van der Waals surface area (Å²) in [5.41, 5.74) is 28.6. The van der Waals surface area contributed by atoms with Crippen molar-refractivity contribution in [3.05, 3.63) is 273 Å². The summed E-state index contributed by atoms with van der Waals surface area (Å²) >= 11 is 0. The van der Waals surface area contributed by atoms with Gasteiger partial charge >= 0.3 is 0 Å². The molecule has 14 rings (SSSR count). The number of aryl methyl sites for hydroxylation is 2. The lowest BCUT2D eigenvalue weighted by Gasteiger charge is -2.49. The highest BCUT2D eigenvalue weighted by molar-refractivity contribution is 7.00. The molecule has 3 nitrogen and oxygen atoms in total. The number of hydrogen-bond donors (Lipinski definition) is 0.